The highest BCUT2D eigenvalue weighted by Gasteiger charge is 2.25. The van der Waals surface area contributed by atoms with Gasteiger partial charge in [-0.1, -0.05) is 0 Å². The lowest BCUT2D eigenvalue weighted by Gasteiger charge is -2.14. The highest BCUT2D eigenvalue weighted by atomic mass is 32.2. The fourth-order valence-corrected chi connectivity index (χ4v) is 3.83. The number of aryl methyl sites for hydroxylation is 2. The maximum Gasteiger partial charge on any atom is 0.208 e. The summed E-state index contributed by atoms with van der Waals surface area (Å²) in [6.45, 7) is 6.50. The number of hydrogen-bond acceptors (Lipinski definition) is 4. The zero-order valence-electron chi connectivity index (χ0n) is 13.2. The van der Waals surface area contributed by atoms with Crippen LogP contribution in [0.2, 0.25) is 0 Å². The maximum absolute atomic E-state index is 11.3. The van der Waals surface area contributed by atoms with Gasteiger partial charge in [-0.15, -0.1) is 0 Å². The molecule has 1 aromatic heterocycles. The number of furan rings is 1. The fraction of sp³-hybridized carbons (Fsp3) is 0.500. The third-order valence-electron chi connectivity index (χ3n) is 4.22. The van der Waals surface area contributed by atoms with Crippen LogP contribution < -0.4 is 4.72 Å². The Labute approximate surface area is 131 Å². The second-order valence-electron chi connectivity index (χ2n) is 6.30. The standard InChI is InChI=1S/C16H22N2O3S/c1-11-6-13-8-15(21-16(13)7-12(11)2)10-18-5-4-14(9-18)17-22(3,19)20/h6-8,14,17H,4-5,9-10H2,1-3H3/t14-/m0/s1. The molecule has 0 radical (unpaired) electrons. The van der Waals surface area contributed by atoms with Gasteiger partial charge >= 0.3 is 0 Å². The van der Waals surface area contributed by atoms with Gasteiger partial charge in [-0.2, -0.15) is 0 Å². The average molecular weight is 322 g/mol. The molecular formula is C16H22N2O3S. The summed E-state index contributed by atoms with van der Waals surface area (Å²) >= 11 is 0. The van der Waals surface area contributed by atoms with Gasteiger partial charge in [0.15, 0.2) is 0 Å². The zero-order valence-corrected chi connectivity index (χ0v) is 14.0. The van der Waals surface area contributed by atoms with E-state index in [-0.39, 0.29) is 6.04 Å². The summed E-state index contributed by atoms with van der Waals surface area (Å²) in [5.41, 5.74) is 3.41. The monoisotopic (exact) mass is 322 g/mol. The van der Waals surface area contributed by atoms with Crippen molar-refractivity contribution < 1.29 is 12.8 Å². The molecule has 1 atom stereocenters. The van der Waals surface area contributed by atoms with E-state index in [1.165, 1.54) is 17.4 Å². The van der Waals surface area contributed by atoms with E-state index in [4.69, 9.17) is 4.42 Å². The molecule has 2 aromatic rings. The molecule has 0 bridgehead atoms. The molecular weight excluding hydrogens is 300 g/mol. The summed E-state index contributed by atoms with van der Waals surface area (Å²) < 4.78 is 31.2. The Balaban J connectivity index is 1.69. The predicted octanol–water partition coefficient (Wildman–Crippen LogP) is 2.17. The summed E-state index contributed by atoms with van der Waals surface area (Å²) in [6.07, 6.45) is 2.05. The molecule has 1 N–H and O–H groups in total. The van der Waals surface area contributed by atoms with Crippen molar-refractivity contribution in [1.82, 2.24) is 9.62 Å². The van der Waals surface area contributed by atoms with Crippen LogP contribution in [0.1, 0.15) is 23.3 Å². The van der Waals surface area contributed by atoms with Gasteiger partial charge in [-0.25, -0.2) is 13.1 Å². The first-order valence-corrected chi connectivity index (χ1v) is 9.38. The molecule has 0 aliphatic carbocycles. The molecule has 1 aliphatic rings. The van der Waals surface area contributed by atoms with E-state index < -0.39 is 10.0 Å². The molecule has 120 valence electrons. The molecule has 1 saturated heterocycles. The molecule has 2 heterocycles. The Morgan fingerprint density at radius 3 is 2.73 bits per heavy atom. The summed E-state index contributed by atoms with van der Waals surface area (Å²) in [5, 5.41) is 1.13. The van der Waals surface area contributed by atoms with E-state index in [2.05, 4.69) is 41.7 Å². The highest BCUT2D eigenvalue weighted by Crippen LogP contribution is 2.25. The minimum absolute atomic E-state index is 0.00358. The first kappa shape index (κ1) is 15.5. The lowest BCUT2D eigenvalue weighted by atomic mass is 10.1. The van der Waals surface area contributed by atoms with Gasteiger partial charge in [0.25, 0.3) is 0 Å². The third kappa shape index (κ3) is 3.51. The summed E-state index contributed by atoms with van der Waals surface area (Å²) in [5.74, 6) is 0.931. The predicted molar refractivity (Wildman–Crippen MR) is 87.3 cm³/mol. The molecule has 1 aromatic carbocycles. The lowest BCUT2D eigenvalue weighted by Crippen LogP contribution is -2.36. The van der Waals surface area contributed by atoms with Crippen molar-refractivity contribution in [3.63, 3.8) is 0 Å². The van der Waals surface area contributed by atoms with Crippen LogP contribution in [-0.4, -0.2) is 38.7 Å². The van der Waals surface area contributed by atoms with Crippen molar-refractivity contribution in [2.45, 2.75) is 32.9 Å². The summed E-state index contributed by atoms with van der Waals surface area (Å²) in [7, 11) is -3.13. The number of nitrogens with one attached hydrogen (secondary N) is 1. The van der Waals surface area contributed by atoms with Gasteiger partial charge in [-0.3, -0.25) is 4.90 Å². The van der Waals surface area contributed by atoms with Crippen molar-refractivity contribution >= 4 is 21.0 Å². The van der Waals surface area contributed by atoms with Crippen LogP contribution in [-0.2, 0) is 16.6 Å². The quantitative estimate of drug-likeness (QED) is 0.937. The van der Waals surface area contributed by atoms with Crippen molar-refractivity contribution in [1.29, 1.82) is 0 Å². The van der Waals surface area contributed by atoms with Gasteiger partial charge in [-0.05, 0) is 49.6 Å². The van der Waals surface area contributed by atoms with Crippen molar-refractivity contribution in [2.24, 2.45) is 0 Å². The maximum atomic E-state index is 11.3. The van der Waals surface area contributed by atoms with Gasteiger partial charge in [0.1, 0.15) is 11.3 Å². The number of fused-ring (bicyclic) bond motifs is 1. The SMILES string of the molecule is Cc1cc2cc(CN3CC[C@H](NS(C)(=O)=O)C3)oc2cc1C. The normalized spacial score (nSPS) is 20.0. The lowest BCUT2D eigenvalue weighted by molar-refractivity contribution is 0.297. The van der Waals surface area contributed by atoms with Crippen LogP contribution >= 0.6 is 0 Å². The van der Waals surface area contributed by atoms with Gasteiger partial charge < -0.3 is 4.42 Å². The number of nitrogens with zero attached hydrogens (tertiary/aromatic N) is 1. The van der Waals surface area contributed by atoms with Crippen molar-refractivity contribution in [3.8, 4) is 0 Å². The number of sulfonamides is 1. The van der Waals surface area contributed by atoms with Crippen molar-refractivity contribution in [2.75, 3.05) is 19.3 Å². The molecule has 5 nitrogen and oxygen atoms in total. The summed E-state index contributed by atoms with van der Waals surface area (Å²) in [6, 6.07) is 6.31. The molecule has 22 heavy (non-hydrogen) atoms. The molecule has 1 fully saturated rings. The first-order valence-electron chi connectivity index (χ1n) is 7.49. The molecule has 3 rings (SSSR count). The van der Waals surface area contributed by atoms with Gasteiger partial charge in [0.2, 0.25) is 10.0 Å². The van der Waals surface area contributed by atoms with Gasteiger partial charge in [0.05, 0.1) is 12.8 Å². The molecule has 0 saturated carbocycles. The Kier molecular flexibility index (Phi) is 4.01. The van der Waals surface area contributed by atoms with Crippen LogP contribution in [0.25, 0.3) is 11.0 Å². The van der Waals surface area contributed by atoms with Gasteiger partial charge in [0, 0.05) is 24.5 Å². The molecule has 0 unspecified atom stereocenters. The van der Waals surface area contributed by atoms with E-state index in [9.17, 15) is 8.42 Å². The van der Waals surface area contributed by atoms with E-state index >= 15 is 0 Å². The third-order valence-corrected chi connectivity index (χ3v) is 4.98. The number of benzene rings is 1. The smallest absolute Gasteiger partial charge is 0.208 e. The Morgan fingerprint density at radius 2 is 2.00 bits per heavy atom. The van der Waals surface area contributed by atoms with Crippen LogP contribution in [0.5, 0.6) is 0 Å². The second-order valence-corrected chi connectivity index (χ2v) is 8.08. The zero-order chi connectivity index (χ0) is 15.9. The number of hydrogen-bond donors (Lipinski definition) is 1. The second kappa shape index (κ2) is 5.68. The van der Waals surface area contributed by atoms with Crippen LogP contribution in [0.4, 0.5) is 0 Å². The van der Waals surface area contributed by atoms with E-state index in [1.54, 1.807) is 0 Å². The van der Waals surface area contributed by atoms with E-state index in [0.717, 1.165) is 36.2 Å². The first-order chi connectivity index (χ1) is 10.3. The average Bonchev–Trinajstić information content (AvgIpc) is 2.95. The van der Waals surface area contributed by atoms with E-state index in [1.807, 2.05) is 0 Å². The molecule has 1 aliphatic heterocycles. The topological polar surface area (TPSA) is 62.6 Å². The largest absolute Gasteiger partial charge is 0.460 e. The Morgan fingerprint density at radius 1 is 1.27 bits per heavy atom. The Bertz CT molecular complexity index is 756. The fourth-order valence-electron chi connectivity index (χ4n) is 3.03. The number of likely N-dealkylation sites (tertiary alicyclic amines) is 1. The van der Waals surface area contributed by atoms with Crippen LogP contribution in [0.3, 0.4) is 0 Å². The van der Waals surface area contributed by atoms with Crippen LogP contribution in [0, 0.1) is 13.8 Å². The summed E-state index contributed by atoms with van der Waals surface area (Å²) in [4.78, 5) is 2.22. The van der Waals surface area contributed by atoms with Crippen LogP contribution in [0.15, 0.2) is 22.6 Å². The van der Waals surface area contributed by atoms with Crippen molar-refractivity contribution in [3.05, 3.63) is 35.1 Å². The molecule has 0 amide bonds. The molecule has 0 spiro atoms. The Hall–Kier alpha value is -1.37. The highest BCUT2D eigenvalue weighted by molar-refractivity contribution is 7.88. The minimum atomic E-state index is -3.13. The minimum Gasteiger partial charge on any atom is -0.460 e. The molecule has 6 heteroatoms. The number of rotatable bonds is 4. The van der Waals surface area contributed by atoms with E-state index in [0.29, 0.717) is 6.54 Å².